The second kappa shape index (κ2) is 5.89. The highest BCUT2D eigenvalue weighted by Gasteiger charge is 2.07. The molecule has 3 nitrogen and oxygen atoms in total. The van der Waals surface area contributed by atoms with E-state index >= 15 is 0 Å². The van der Waals surface area contributed by atoms with Gasteiger partial charge in [-0.05, 0) is 12.8 Å². The van der Waals surface area contributed by atoms with Crippen LogP contribution < -0.4 is 0 Å². The molecule has 0 aliphatic heterocycles. The molecule has 0 spiro atoms. The third-order valence-electron chi connectivity index (χ3n) is 1.37. The average Bonchev–Trinajstić information content (AvgIpc) is 2.41. The summed E-state index contributed by atoms with van der Waals surface area (Å²) >= 11 is 0. The van der Waals surface area contributed by atoms with Crippen LogP contribution in [-0.4, -0.2) is 31.2 Å². The van der Waals surface area contributed by atoms with Gasteiger partial charge in [0, 0.05) is 26.9 Å². The molecule has 1 aliphatic carbocycles. The molecule has 11 heavy (non-hydrogen) atoms. The smallest absolute Gasteiger partial charge is 0.209 e. The quantitative estimate of drug-likeness (QED) is 0.529. The van der Waals surface area contributed by atoms with E-state index in [4.69, 9.17) is 0 Å². The number of hydrogen-bond donors (Lipinski definition) is 0. The number of carbonyl (C=O) groups is 2. The van der Waals surface area contributed by atoms with E-state index in [1.54, 1.807) is 14.1 Å². The van der Waals surface area contributed by atoms with Gasteiger partial charge in [0.05, 0.1) is 0 Å². The van der Waals surface area contributed by atoms with Crippen LogP contribution in [0, 0.1) is 0 Å². The highest BCUT2D eigenvalue weighted by molar-refractivity contribution is 5.79. The summed E-state index contributed by atoms with van der Waals surface area (Å²) in [5.41, 5.74) is 0. The standard InChI is InChI=1S/C5H8O.C3H7NO/c6-5-3-1-2-4-5;1-4(2)3-5/h1-4H2;3H,1-2H3. The molecule has 1 rings (SSSR count). The third-order valence-corrected chi connectivity index (χ3v) is 1.37. The largest absolute Gasteiger partial charge is 0.351 e. The Labute approximate surface area is 67.4 Å². The number of Topliss-reactive ketones (excluding diaryl/α,β-unsaturated/α-hetero) is 1. The summed E-state index contributed by atoms with van der Waals surface area (Å²) in [5, 5.41) is 0. The minimum absolute atomic E-state index is 0.454. The van der Waals surface area contributed by atoms with Gasteiger partial charge in [-0.25, -0.2) is 0 Å². The Hall–Kier alpha value is -0.860. The lowest BCUT2D eigenvalue weighted by atomic mass is 10.4. The molecule has 0 unspecified atom stereocenters. The zero-order valence-corrected chi connectivity index (χ0v) is 7.17. The molecule has 0 saturated heterocycles. The highest BCUT2D eigenvalue weighted by Crippen LogP contribution is 2.11. The maximum absolute atomic E-state index is 10.2. The Bertz CT molecular complexity index is 124. The molecule has 0 aromatic heterocycles. The number of carbonyl (C=O) groups excluding carboxylic acids is 2. The summed E-state index contributed by atoms with van der Waals surface area (Å²) < 4.78 is 0. The van der Waals surface area contributed by atoms with Crippen LogP contribution in [0.25, 0.3) is 0 Å². The first kappa shape index (κ1) is 10.1. The van der Waals surface area contributed by atoms with Crippen LogP contribution >= 0.6 is 0 Å². The number of hydrogen-bond acceptors (Lipinski definition) is 2. The van der Waals surface area contributed by atoms with Crippen molar-refractivity contribution in [1.29, 1.82) is 0 Å². The molecule has 0 atom stereocenters. The van der Waals surface area contributed by atoms with Crippen molar-refractivity contribution in [3.8, 4) is 0 Å². The van der Waals surface area contributed by atoms with Crippen molar-refractivity contribution in [2.24, 2.45) is 0 Å². The zero-order chi connectivity index (χ0) is 8.69. The summed E-state index contributed by atoms with van der Waals surface area (Å²) in [5.74, 6) is 0.454. The van der Waals surface area contributed by atoms with E-state index in [0.29, 0.717) is 5.78 Å². The van der Waals surface area contributed by atoms with E-state index < -0.39 is 0 Å². The van der Waals surface area contributed by atoms with E-state index in [2.05, 4.69) is 0 Å². The molecular weight excluding hydrogens is 142 g/mol. The van der Waals surface area contributed by atoms with E-state index in [0.717, 1.165) is 32.1 Å². The van der Waals surface area contributed by atoms with Crippen LogP contribution in [0.2, 0.25) is 0 Å². The Balaban J connectivity index is 0.000000187. The molecule has 3 heteroatoms. The highest BCUT2D eigenvalue weighted by atomic mass is 16.1. The van der Waals surface area contributed by atoms with Crippen LogP contribution in [-0.2, 0) is 9.59 Å². The van der Waals surface area contributed by atoms with Gasteiger partial charge in [0.1, 0.15) is 5.78 Å². The number of nitrogens with zero attached hydrogens (tertiary/aromatic N) is 1. The minimum atomic E-state index is 0.454. The normalized spacial score (nSPS) is 15.3. The van der Waals surface area contributed by atoms with Crippen LogP contribution in [0.5, 0.6) is 0 Å². The lowest BCUT2D eigenvalue weighted by Crippen LogP contribution is -2.06. The first-order valence-electron chi connectivity index (χ1n) is 3.80. The van der Waals surface area contributed by atoms with E-state index in [9.17, 15) is 9.59 Å². The fourth-order valence-corrected chi connectivity index (χ4v) is 0.769. The van der Waals surface area contributed by atoms with Gasteiger partial charge in [0.15, 0.2) is 0 Å². The Morgan fingerprint density at radius 2 is 1.64 bits per heavy atom. The molecule has 0 radical (unpaired) electrons. The van der Waals surface area contributed by atoms with Crippen molar-refractivity contribution in [1.82, 2.24) is 4.90 Å². The van der Waals surface area contributed by atoms with Crippen LogP contribution in [0.1, 0.15) is 25.7 Å². The maximum atomic E-state index is 10.2. The van der Waals surface area contributed by atoms with Crippen LogP contribution in [0.15, 0.2) is 0 Å². The molecule has 1 fully saturated rings. The second-order valence-electron chi connectivity index (χ2n) is 2.81. The van der Waals surface area contributed by atoms with Crippen molar-refractivity contribution in [2.75, 3.05) is 14.1 Å². The summed E-state index contributed by atoms with van der Waals surface area (Å²) in [6.45, 7) is 0. The summed E-state index contributed by atoms with van der Waals surface area (Å²) in [4.78, 5) is 21.1. The van der Waals surface area contributed by atoms with E-state index in [1.165, 1.54) is 4.90 Å². The van der Waals surface area contributed by atoms with Gasteiger partial charge in [-0.15, -0.1) is 0 Å². The SMILES string of the molecule is CN(C)C=O.O=C1CCCC1. The van der Waals surface area contributed by atoms with Crippen molar-refractivity contribution in [3.63, 3.8) is 0 Å². The van der Waals surface area contributed by atoms with Gasteiger partial charge in [0.2, 0.25) is 6.41 Å². The first-order chi connectivity index (χ1) is 5.16. The third kappa shape index (κ3) is 7.03. The molecule has 0 aromatic carbocycles. The summed E-state index contributed by atoms with van der Waals surface area (Å²) in [6.07, 6.45) is 4.72. The Kier molecular flexibility index (Phi) is 5.43. The lowest BCUT2D eigenvalue weighted by molar-refractivity contribution is -0.117. The molecule has 0 bridgehead atoms. The molecule has 1 saturated carbocycles. The molecule has 1 aliphatic rings. The molecule has 64 valence electrons. The fraction of sp³-hybridized carbons (Fsp3) is 0.750. The summed E-state index contributed by atoms with van der Waals surface area (Å²) in [7, 11) is 3.38. The Morgan fingerprint density at radius 1 is 1.27 bits per heavy atom. The fourth-order valence-electron chi connectivity index (χ4n) is 0.769. The lowest BCUT2D eigenvalue weighted by Gasteiger charge is -1.93. The topological polar surface area (TPSA) is 37.4 Å². The second-order valence-corrected chi connectivity index (χ2v) is 2.81. The summed E-state index contributed by atoms with van der Waals surface area (Å²) in [6, 6.07) is 0. The number of ketones is 1. The molecule has 0 heterocycles. The molecular formula is C8H15NO2. The van der Waals surface area contributed by atoms with Crippen molar-refractivity contribution in [3.05, 3.63) is 0 Å². The van der Waals surface area contributed by atoms with Gasteiger partial charge < -0.3 is 4.90 Å². The van der Waals surface area contributed by atoms with E-state index in [-0.39, 0.29) is 0 Å². The Morgan fingerprint density at radius 3 is 1.73 bits per heavy atom. The first-order valence-corrected chi connectivity index (χ1v) is 3.80. The number of rotatable bonds is 1. The minimum Gasteiger partial charge on any atom is -0.351 e. The van der Waals surface area contributed by atoms with Crippen molar-refractivity contribution in [2.45, 2.75) is 25.7 Å². The molecule has 0 aromatic rings. The van der Waals surface area contributed by atoms with Crippen LogP contribution in [0.4, 0.5) is 0 Å². The van der Waals surface area contributed by atoms with Gasteiger partial charge in [-0.3, -0.25) is 9.59 Å². The predicted octanol–water partition coefficient (Wildman–Crippen LogP) is 0.834. The zero-order valence-electron chi connectivity index (χ0n) is 7.17. The molecule has 1 amide bonds. The van der Waals surface area contributed by atoms with Crippen LogP contribution in [0.3, 0.4) is 0 Å². The average molecular weight is 157 g/mol. The maximum Gasteiger partial charge on any atom is 0.209 e. The van der Waals surface area contributed by atoms with Gasteiger partial charge >= 0.3 is 0 Å². The van der Waals surface area contributed by atoms with Crippen molar-refractivity contribution < 1.29 is 9.59 Å². The van der Waals surface area contributed by atoms with Gasteiger partial charge in [-0.2, -0.15) is 0 Å². The molecule has 0 N–H and O–H groups in total. The monoisotopic (exact) mass is 157 g/mol. The van der Waals surface area contributed by atoms with Gasteiger partial charge in [0.25, 0.3) is 0 Å². The number of amides is 1. The van der Waals surface area contributed by atoms with Crippen molar-refractivity contribution >= 4 is 12.2 Å². The predicted molar refractivity (Wildman–Crippen MR) is 43.2 cm³/mol. The van der Waals surface area contributed by atoms with Gasteiger partial charge in [-0.1, -0.05) is 0 Å². The van der Waals surface area contributed by atoms with E-state index in [1.807, 2.05) is 0 Å².